The summed E-state index contributed by atoms with van der Waals surface area (Å²) in [5, 5.41) is 14.6. The summed E-state index contributed by atoms with van der Waals surface area (Å²) in [5.41, 5.74) is 4.70. The third kappa shape index (κ3) is 6.21. The Bertz CT molecular complexity index is 1010. The molecule has 0 heterocycles. The zero-order chi connectivity index (χ0) is 24.6. The monoisotopic (exact) mass is 478 g/mol. The van der Waals surface area contributed by atoms with E-state index in [9.17, 15) is 14.4 Å². The molecule has 1 fully saturated rings. The molecule has 2 atom stereocenters. The van der Waals surface area contributed by atoms with Crippen LogP contribution in [-0.4, -0.2) is 42.3 Å². The molecule has 35 heavy (non-hydrogen) atoms. The molecule has 0 saturated heterocycles. The smallest absolute Gasteiger partial charge is 0.407 e. The normalized spacial score (nSPS) is 18.9. The first-order valence-corrected chi connectivity index (χ1v) is 12.7. The molecule has 4 rings (SSSR count). The molecule has 186 valence electrons. The van der Waals surface area contributed by atoms with Crippen LogP contribution in [0.4, 0.5) is 4.79 Å². The summed E-state index contributed by atoms with van der Waals surface area (Å²) in [7, 11) is 0. The molecule has 0 bridgehead atoms. The summed E-state index contributed by atoms with van der Waals surface area (Å²) < 4.78 is 5.69. The van der Waals surface area contributed by atoms with Gasteiger partial charge in [0.15, 0.2) is 0 Å². The van der Waals surface area contributed by atoms with Gasteiger partial charge in [0.05, 0.1) is 5.92 Å². The van der Waals surface area contributed by atoms with E-state index >= 15 is 0 Å². The Kier molecular flexibility index (Phi) is 8.40. The number of ether oxygens (including phenoxy) is 1. The maximum Gasteiger partial charge on any atom is 0.407 e. The number of hydrogen-bond acceptors (Lipinski definition) is 4. The fourth-order valence-electron chi connectivity index (χ4n) is 5.33. The standard InChI is InChI=1S/C28H34N2O5/c31-26(32)16-2-1-9-17-29-27(33)23-14-7-8-15-25(23)30-28(34)35-18-24-21-12-5-3-10-19(21)20-11-4-6-13-22(20)24/h3-6,10-13,23-25H,1-2,7-9,14-18H2,(H,29,33)(H,30,34)(H,31,32). The van der Waals surface area contributed by atoms with Crippen LogP contribution in [0.15, 0.2) is 48.5 Å². The Morgan fingerprint density at radius 2 is 1.54 bits per heavy atom. The van der Waals surface area contributed by atoms with Gasteiger partial charge in [-0.1, -0.05) is 67.8 Å². The van der Waals surface area contributed by atoms with Crippen LogP contribution in [0.25, 0.3) is 11.1 Å². The van der Waals surface area contributed by atoms with Crippen molar-refractivity contribution in [2.24, 2.45) is 5.92 Å². The molecule has 0 aliphatic heterocycles. The number of carbonyl (C=O) groups is 3. The van der Waals surface area contributed by atoms with Crippen molar-refractivity contribution in [2.75, 3.05) is 13.2 Å². The predicted octanol–water partition coefficient (Wildman–Crippen LogP) is 4.85. The van der Waals surface area contributed by atoms with Crippen molar-refractivity contribution < 1.29 is 24.2 Å². The lowest BCUT2D eigenvalue weighted by molar-refractivity contribution is -0.137. The van der Waals surface area contributed by atoms with Crippen LogP contribution >= 0.6 is 0 Å². The van der Waals surface area contributed by atoms with Crippen molar-refractivity contribution in [1.29, 1.82) is 0 Å². The van der Waals surface area contributed by atoms with Crippen LogP contribution < -0.4 is 10.6 Å². The van der Waals surface area contributed by atoms with Gasteiger partial charge in [0.2, 0.25) is 5.91 Å². The van der Waals surface area contributed by atoms with Crippen molar-refractivity contribution >= 4 is 18.0 Å². The number of nitrogens with one attached hydrogen (secondary N) is 2. The van der Waals surface area contributed by atoms with Gasteiger partial charge < -0.3 is 20.5 Å². The molecule has 2 unspecified atom stereocenters. The quantitative estimate of drug-likeness (QED) is 0.424. The maximum absolute atomic E-state index is 12.8. The molecule has 2 amide bonds. The first-order chi connectivity index (χ1) is 17.0. The van der Waals surface area contributed by atoms with Crippen molar-refractivity contribution in [3.8, 4) is 11.1 Å². The SMILES string of the molecule is O=C(O)CCCCCNC(=O)C1CCCCC1NC(=O)OCC1c2ccccc2-c2ccccc21. The van der Waals surface area contributed by atoms with Crippen molar-refractivity contribution in [3.63, 3.8) is 0 Å². The number of benzene rings is 2. The van der Waals surface area contributed by atoms with E-state index in [1.54, 1.807) is 0 Å². The Balaban J connectivity index is 1.28. The van der Waals surface area contributed by atoms with Gasteiger partial charge in [-0.3, -0.25) is 9.59 Å². The zero-order valence-corrected chi connectivity index (χ0v) is 20.0. The van der Waals surface area contributed by atoms with Crippen LogP contribution in [0.2, 0.25) is 0 Å². The lowest BCUT2D eigenvalue weighted by atomic mass is 9.84. The van der Waals surface area contributed by atoms with Crippen LogP contribution in [0, 0.1) is 5.92 Å². The molecule has 2 aromatic rings. The van der Waals surface area contributed by atoms with E-state index in [0.717, 1.165) is 38.5 Å². The highest BCUT2D eigenvalue weighted by molar-refractivity contribution is 5.81. The maximum atomic E-state index is 12.8. The van der Waals surface area contributed by atoms with Gasteiger partial charge in [0.25, 0.3) is 0 Å². The number of carboxylic acid groups (broad SMARTS) is 1. The molecule has 3 N–H and O–H groups in total. The van der Waals surface area contributed by atoms with Gasteiger partial charge in [0, 0.05) is 24.9 Å². The summed E-state index contributed by atoms with van der Waals surface area (Å²) in [6, 6.07) is 16.2. The Hall–Kier alpha value is -3.35. The predicted molar refractivity (Wildman–Crippen MR) is 133 cm³/mol. The molecule has 1 saturated carbocycles. The van der Waals surface area contributed by atoms with E-state index in [1.807, 2.05) is 24.3 Å². The second-order valence-electron chi connectivity index (χ2n) is 9.46. The number of rotatable bonds is 10. The minimum atomic E-state index is -0.793. The minimum absolute atomic E-state index is 0.000251. The molecule has 7 nitrogen and oxygen atoms in total. The number of hydrogen-bond donors (Lipinski definition) is 3. The summed E-state index contributed by atoms with van der Waals surface area (Å²) >= 11 is 0. The molecule has 0 radical (unpaired) electrons. The number of carbonyl (C=O) groups excluding carboxylic acids is 2. The third-order valence-electron chi connectivity index (χ3n) is 7.12. The fraction of sp³-hybridized carbons (Fsp3) is 0.464. The van der Waals surface area contributed by atoms with E-state index in [-0.39, 0.29) is 36.8 Å². The minimum Gasteiger partial charge on any atom is -0.481 e. The summed E-state index contributed by atoms with van der Waals surface area (Å²) in [5.74, 6) is -1.12. The molecule has 7 heteroatoms. The molecular formula is C28H34N2O5. The van der Waals surface area contributed by atoms with Crippen LogP contribution in [0.5, 0.6) is 0 Å². The number of amides is 2. The number of unbranched alkanes of at least 4 members (excludes halogenated alkanes) is 2. The Morgan fingerprint density at radius 1 is 0.886 bits per heavy atom. The summed E-state index contributed by atoms with van der Waals surface area (Å²) in [4.78, 5) is 36.1. The van der Waals surface area contributed by atoms with E-state index < -0.39 is 12.1 Å². The second-order valence-corrected chi connectivity index (χ2v) is 9.46. The number of aliphatic carboxylic acids is 1. The number of fused-ring (bicyclic) bond motifs is 3. The highest BCUT2D eigenvalue weighted by Gasteiger charge is 2.33. The van der Waals surface area contributed by atoms with E-state index in [2.05, 4.69) is 34.9 Å². The largest absolute Gasteiger partial charge is 0.481 e. The average molecular weight is 479 g/mol. The van der Waals surface area contributed by atoms with Gasteiger partial charge in [-0.05, 0) is 47.9 Å². The van der Waals surface area contributed by atoms with E-state index in [0.29, 0.717) is 13.0 Å². The van der Waals surface area contributed by atoms with Gasteiger partial charge in [-0.15, -0.1) is 0 Å². The van der Waals surface area contributed by atoms with Crippen molar-refractivity contribution in [2.45, 2.75) is 63.3 Å². The Labute approximate surface area is 206 Å². The van der Waals surface area contributed by atoms with E-state index in [4.69, 9.17) is 9.84 Å². The van der Waals surface area contributed by atoms with Crippen molar-refractivity contribution in [3.05, 3.63) is 59.7 Å². The lowest BCUT2D eigenvalue weighted by Gasteiger charge is -2.31. The fourth-order valence-corrected chi connectivity index (χ4v) is 5.33. The molecule has 2 aromatic carbocycles. The van der Waals surface area contributed by atoms with Gasteiger partial charge in [-0.2, -0.15) is 0 Å². The Morgan fingerprint density at radius 3 is 2.23 bits per heavy atom. The van der Waals surface area contributed by atoms with E-state index in [1.165, 1.54) is 22.3 Å². The average Bonchev–Trinajstić information content (AvgIpc) is 3.18. The first-order valence-electron chi connectivity index (χ1n) is 12.7. The summed E-state index contributed by atoms with van der Waals surface area (Å²) in [6.07, 6.45) is 5.20. The number of alkyl carbamates (subject to hydrolysis) is 1. The molecular weight excluding hydrogens is 444 g/mol. The van der Waals surface area contributed by atoms with Crippen LogP contribution in [-0.2, 0) is 14.3 Å². The molecule has 0 spiro atoms. The van der Waals surface area contributed by atoms with Crippen LogP contribution in [0.3, 0.4) is 0 Å². The second kappa shape index (κ2) is 11.9. The molecule has 2 aliphatic carbocycles. The van der Waals surface area contributed by atoms with Crippen molar-refractivity contribution in [1.82, 2.24) is 10.6 Å². The molecule has 0 aromatic heterocycles. The topological polar surface area (TPSA) is 105 Å². The van der Waals surface area contributed by atoms with Gasteiger partial charge >= 0.3 is 12.1 Å². The summed E-state index contributed by atoms with van der Waals surface area (Å²) in [6.45, 7) is 0.770. The van der Waals surface area contributed by atoms with Gasteiger partial charge in [-0.25, -0.2) is 4.79 Å². The number of carboxylic acids is 1. The van der Waals surface area contributed by atoms with Gasteiger partial charge in [0.1, 0.15) is 6.61 Å². The highest BCUT2D eigenvalue weighted by atomic mass is 16.5. The first kappa shape index (κ1) is 24.8. The molecule has 2 aliphatic rings. The third-order valence-corrected chi connectivity index (χ3v) is 7.12. The highest BCUT2D eigenvalue weighted by Crippen LogP contribution is 2.44. The lowest BCUT2D eigenvalue weighted by Crippen LogP contribution is -2.48. The van der Waals surface area contributed by atoms with Crippen LogP contribution in [0.1, 0.15) is 68.4 Å². The zero-order valence-electron chi connectivity index (χ0n) is 20.0.